The molecule has 1 saturated heterocycles. The number of halogens is 1. The molecule has 0 radical (unpaired) electrons. The minimum Gasteiger partial charge on any atom is -0.473 e. The molecule has 7 heteroatoms. The normalized spacial score (nSPS) is 21.8. The fraction of sp³-hybridized carbons (Fsp3) is 0.353. The number of rotatable bonds is 4. The minimum absolute atomic E-state index is 0.0420. The molecule has 0 spiro atoms. The van der Waals surface area contributed by atoms with Crippen molar-refractivity contribution in [3.05, 3.63) is 47.4 Å². The maximum absolute atomic E-state index is 13.9. The lowest BCUT2D eigenvalue weighted by atomic mass is 10.1. The summed E-state index contributed by atoms with van der Waals surface area (Å²) in [5.41, 5.74) is 0.511. The Morgan fingerprint density at radius 3 is 3.21 bits per heavy atom. The van der Waals surface area contributed by atoms with Gasteiger partial charge in [0.25, 0.3) is 0 Å². The number of benzene rings is 1. The number of hydrogen-bond acceptors (Lipinski definition) is 6. The van der Waals surface area contributed by atoms with Gasteiger partial charge in [-0.3, -0.25) is 0 Å². The lowest BCUT2D eigenvalue weighted by molar-refractivity contribution is 0.287. The van der Waals surface area contributed by atoms with Gasteiger partial charge in [0, 0.05) is 43.0 Å². The molecule has 1 N–H and O–H groups in total. The van der Waals surface area contributed by atoms with E-state index in [1.165, 1.54) is 12.1 Å². The molecule has 2 aliphatic rings. The Morgan fingerprint density at radius 2 is 2.33 bits per heavy atom. The molecule has 0 bridgehead atoms. The molecule has 122 valence electrons. The van der Waals surface area contributed by atoms with Gasteiger partial charge < -0.3 is 15.0 Å². The molecule has 1 aliphatic heterocycles. The van der Waals surface area contributed by atoms with E-state index in [2.05, 4.69) is 20.2 Å². The second kappa shape index (κ2) is 6.06. The van der Waals surface area contributed by atoms with Gasteiger partial charge in [-0.05, 0) is 18.6 Å². The third-order valence-corrected chi connectivity index (χ3v) is 4.39. The summed E-state index contributed by atoms with van der Waals surface area (Å²) in [6, 6.07) is 9.00. The van der Waals surface area contributed by atoms with Crippen molar-refractivity contribution in [2.45, 2.75) is 25.1 Å². The molecule has 1 saturated carbocycles. The largest absolute Gasteiger partial charge is 0.473 e. The summed E-state index contributed by atoms with van der Waals surface area (Å²) in [5.74, 6) is 0.560. The van der Waals surface area contributed by atoms with Crippen molar-refractivity contribution in [3.63, 3.8) is 0 Å². The molecule has 1 aliphatic carbocycles. The van der Waals surface area contributed by atoms with Crippen LogP contribution in [0.3, 0.4) is 0 Å². The van der Waals surface area contributed by atoms with Crippen LogP contribution in [0.15, 0.2) is 30.5 Å². The summed E-state index contributed by atoms with van der Waals surface area (Å²) in [6.45, 7) is 1.73. The predicted molar refractivity (Wildman–Crippen MR) is 85.0 cm³/mol. The average molecular weight is 325 g/mol. The van der Waals surface area contributed by atoms with Crippen LogP contribution in [0.2, 0.25) is 0 Å². The Hall–Kier alpha value is -2.72. The van der Waals surface area contributed by atoms with Crippen LogP contribution < -0.4 is 15.0 Å². The number of anilines is 1. The molecule has 2 fully saturated rings. The van der Waals surface area contributed by atoms with Crippen LogP contribution in [0, 0.1) is 17.1 Å². The van der Waals surface area contributed by atoms with Crippen molar-refractivity contribution in [1.29, 1.82) is 5.26 Å². The first kappa shape index (κ1) is 14.8. The SMILES string of the molecule is N#Cc1cccc(F)c1COc1ccnc(N2CCNC3CC32)n1. The van der Waals surface area contributed by atoms with Crippen LogP contribution in [0.25, 0.3) is 0 Å². The second-order valence-electron chi connectivity index (χ2n) is 5.92. The van der Waals surface area contributed by atoms with E-state index < -0.39 is 5.82 Å². The number of fused-ring (bicyclic) bond motifs is 1. The first-order valence-corrected chi connectivity index (χ1v) is 7.89. The topological polar surface area (TPSA) is 74.1 Å². The van der Waals surface area contributed by atoms with Crippen LogP contribution in [-0.4, -0.2) is 35.1 Å². The van der Waals surface area contributed by atoms with E-state index in [0.717, 1.165) is 19.5 Å². The molecule has 2 atom stereocenters. The van der Waals surface area contributed by atoms with Gasteiger partial charge in [0.2, 0.25) is 11.8 Å². The van der Waals surface area contributed by atoms with Crippen LogP contribution in [0.4, 0.5) is 10.3 Å². The summed E-state index contributed by atoms with van der Waals surface area (Å²) >= 11 is 0. The summed E-state index contributed by atoms with van der Waals surface area (Å²) in [4.78, 5) is 10.9. The maximum atomic E-state index is 13.9. The number of nitrogens with zero attached hydrogens (tertiary/aromatic N) is 4. The Morgan fingerprint density at radius 1 is 1.42 bits per heavy atom. The molecular weight excluding hydrogens is 309 g/mol. The van der Waals surface area contributed by atoms with E-state index >= 15 is 0 Å². The summed E-state index contributed by atoms with van der Waals surface area (Å²) < 4.78 is 19.5. The maximum Gasteiger partial charge on any atom is 0.228 e. The van der Waals surface area contributed by atoms with Crippen molar-refractivity contribution >= 4 is 5.95 Å². The molecule has 2 aromatic rings. The van der Waals surface area contributed by atoms with E-state index in [0.29, 0.717) is 23.9 Å². The Balaban J connectivity index is 1.50. The first-order valence-electron chi connectivity index (χ1n) is 7.89. The van der Waals surface area contributed by atoms with Gasteiger partial charge in [-0.2, -0.15) is 10.2 Å². The molecule has 0 amide bonds. The molecule has 6 nitrogen and oxygen atoms in total. The van der Waals surface area contributed by atoms with Gasteiger partial charge in [-0.15, -0.1) is 0 Å². The molecule has 1 aromatic heterocycles. The zero-order valence-electron chi connectivity index (χ0n) is 12.9. The van der Waals surface area contributed by atoms with E-state index in [9.17, 15) is 4.39 Å². The third-order valence-electron chi connectivity index (χ3n) is 4.39. The Labute approximate surface area is 138 Å². The summed E-state index contributed by atoms with van der Waals surface area (Å²) in [6.07, 6.45) is 2.75. The third kappa shape index (κ3) is 2.76. The zero-order chi connectivity index (χ0) is 16.5. The van der Waals surface area contributed by atoms with Gasteiger partial charge in [0.05, 0.1) is 11.6 Å². The van der Waals surface area contributed by atoms with Gasteiger partial charge in [-0.25, -0.2) is 9.37 Å². The number of hydrogen-bond donors (Lipinski definition) is 1. The van der Waals surface area contributed by atoms with Crippen LogP contribution >= 0.6 is 0 Å². The molecule has 24 heavy (non-hydrogen) atoms. The smallest absolute Gasteiger partial charge is 0.228 e. The van der Waals surface area contributed by atoms with Gasteiger partial charge in [0.1, 0.15) is 12.4 Å². The van der Waals surface area contributed by atoms with Crippen molar-refractivity contribution in [2.75, 3.05) is 18.0 Å². The lowest BCUT2D eigenvalue weighted by Gasteiger charge is -2.27. The second-order valence-corrected chi connectivity index (χ2v) is 5.92. The number of aromatic nitrogens is 2. The van der Waals surface area contributed by atoms with E-state index in [1.54, 1.807) is 18.3 Å². The highest BCUT2D eigenvalue weighted by Gasteiger charge is 2.45. The number of nitriles is 1. The molecule has 1 aromatic carbocycles. The molecule has 2 unspecified atom stereocenters. The minimum atomic E-state index is -0.453. The highest BCUT2D eigenvalue weighted by atomic mass is 19.1. The zero-order valence-corrected chi connectivity index (χ0v) is 12.9. The molecule has 4 rings (SSSR count). The molecular formula is C17H16FN5O. The average Bonchev–Trinajstić information content (AvgIpc) is 3.40. The fourth-order valence-electron chi connectivity index (χ4n) is 3.04. The first-order chi connectivity index (χ1) is 11.8. The van der Waals surface area contributed by atoms with E-state index in [-0.39, 0.29) is 17.7 Å². The summed E-state index contributed by atoms with van der Waals surface area (Å²) in [7, 11) is 0. The predicted octanol–water partition coefficient (Wildman–Crippen LogP) is 1.62. The van der Waals surface area contributed by atoms with Gasteiger partial charge in [-0.1, -0.05) is 6.07 Å². The lowest BCUT2D eigenvalue weighted by Crippen LogP contribution is -2.44. The van der Waals surface area contributed by atoms with E-state index in [1.807, 2.05) is 6.07 Å². The van der Waals surface area contributed by atoms with Gasteiger partial charge >= 0.3 is 0 Å². The quantitative estimate of drug-likeness (QED) is 0.921. The van der Waals surface area contributed by atoms with Crippen molar-refractivity contribution in [3.8, 4) is 11.9 Å². The Kier molecular flexibility index (Phi) is 3.75. The number of piperazine rings is 1. The number of nitrogens with one attached hydrogen (secondary N) is 1. The summed E-state index contributed by atoms with van der Waals surface area (Å²) in [5, 5.41) is 12.5. The standard InChI is InChI=1S/C17H16FN5O/c18-13-3-1-2-11(9-19)12(13)10-24-16-4-5-21-17(22-16)23-7-6-20-14-8-15(14)23/h1-5,14-15,20H,6-8,10H2. The highest BCUT2D eigenvalue weighted by molar-refractivity contribution is 5.40. The van der Waals surface area contributed by atoms with Crippen molar-refractivity contribution < 1.29 is 9.13 Å². The van der Waals surface area contributed by atoms with Crippen LogP contribution in [0.1, 0.15) is 17.5 Å². The van der Waals surface area contributed by atoms with E-state index in [4.69, 9.17) is 10.00 Å². The Bertz CT molecular complexity index is 806. The van der Waals surface area contributed by atoms with Crippen LogP contribution in [-0.2, 0) is 6.61 Å². The van der Waals surface area contributed by atoms with Gasteiger partial charge in [0.15, 0.2) is 0 Å². The monoisotopic (exact) mass is 325 g/mol. The molecule has 2 heterocycles. The highest BCUT2D eigenvalue weighted by Crippen LogP contribution is 2.33. The van der Waals surface area contributed by atoms with Crippen molar-refractivity contribution in [2.24, 2.45) is 0 Å². The number of ether oxygens (including phenoxy) is 1. The fourth-order valence-corrected chi connectivity index (χ4v) is 3.04. The van der Waals surface area contributed by atoms with Crippen molar-refractivity contribution in [1.82, 2.24) is 15.3 Å². The van der Waals surface area contributed by atoms with Crippen LogP contribution in [0.5, 0.6) is 5.88 Å².